The highest BCUT2D eigenvalue weighted by molar-refractivity contribution is 14.1. The molecule has 1 unspecified atom stereocenters. The van der Waals surface area contributed by atoms with Gasteiger partial charge in [0.05, 0.1) is 48.3 Å². The maximum atomic E-state index is 13.5. The fraction of sp³-hybridized carbons (Fsp3) is 0.353. The van der Waals surface area contributed by atoms with E-state index >= 15 is 0 Å². The zero-order chi connectivity index (χ0) is 53.9. The lowest BCUT2D eigenvalue weighted by molar-refractivity contribution is -0.153. The Kier molecular flexibility index (Phi) is 28.1. The molecule has 0 aromatic heterocycles. The second-order valence-corrected chi connectivity index (χ2v) is 18.2. The average Bonchev–Trinajstić information content (AvgIpc) is 3.37. The Morgan fingerprint density at radius 2 is 1.37 bits per heavy atom. The number of amides is 1. The Morgan fingerprint density at radius 1 is 0.845 bits per heavy atom. The molecule has 1 aliphatic heterocycles. The summed E-state index contributed by atoms with van der Waals surface area (Å²) in [7, 11) is 5.49. The first-order valence-electron chi connectivity index (χ1n) is 22.6. The number of nitrogens with one attached hydrogen (secondary N) is 3. The van der Waals surface area contributed by atoms with Crippen molar-refractivity contribution in [2.75, 3.05) is 47.5 Å². The molecule has 0 spiro atoms. The van der Waals surface area contributed by atoms with Gasteiger partial charge >= 0.3 is 0 Å². The van der Waals surface area contributed by atoms with E-state index in [0.29, 0.717) is 39.2 Å². The molecule has 5 aromatic carbocycles. The number of Topliss-reactive ketones (excluding diaryl/α,β-unsaturated/α-hetero) is 1. The zero-order valence-electron chi connectivity index (χ0n) is 40.7. The number of ether oxygens (including phenoxy) is 4. The molecule has 7 rings (SSSR count). The highest BCUT2D eigenvalue weighted by Gasteiger charge is 2.41. The standard InChI is InChI=1S/C21H22FN3O5.C9H19N.C7H6BrFO.C7H6FIO.C6H4BrFO.CH3F/c1-29-16-10-12(22)4-7-14(16)15-8-9-30-19(17(15)26)18(27)21(28)25-13-5-2-11(3-6-13)20(23)24;1-3-8-6-4-5-7-9(8)10-2;1-10-7-4-5(9)2-3-6(7)8;1-10-7-4-5(8)2-3-6(7)9;7-5-2-1-4(8)3-6(5)9;1-2/h2-7,10,15,18-19,27H,8-9H2,1H3,(H3,23,24)(H,25,28);8-10H,3-7H2,1-2H3;2*2-4H,1H3;1-3,9H;1H3/t15?,18-,19+;8-,9-;;;;/m11..../s1/i;;;;;1D. The number of aromatic hydroxyl groups is 1. The number of benzene rings is 5. The van der Waals surface area contributed by atoms with Crippen LogP contribution in [-0.4, -0.2) is 88.1 Å². The number of phenols is 1. The molecule has 388 valence electrons. The van der Waals surface area contributed by atoms with Crippen LogP contribution in [0.5, 0.6) is 23.0 Å². The first-order chi connectivity index (χ1) is 34.3. The SMILES string of the molecule is CC[C@@H]1CCCC[C@H]1NC.COc1cc(F)ccc1Br.COc1cc(F)ccc1C1CCO[C@H]([C@@H](O)C(=O)Nc2ccc(C(=N)N)cc2)C1=O.COc1cc(F)ccc1I.Oc1cc(F)ccc1Br.[2H]CF. The Labute approximate surface area is 443 Å². The summed E-state index contributed by atoms with van der Waals surface area (Å²) in [5, 5.41) is 32.5. The number of nitrogens with two attached hydrogens (primary N) is 1. The monoisotopic (exact) mass is 1240 g/mol. The van der Waals surface area contributed by atoms with Crippen LogP contribution in [0, 0.1) is 38.2 Å². The van der Waals surface area contributed by atoms with Crippen LogP contribution in [-0.2, 0) is 14.3 Å². The number of alkyl halides is 1. The molecule has 2 fully saturated rings. The molecule has 1 saturated carbocycles. The van der Waals surface area contributed by atoms with Crippen LogP contribution in [0.2, 0.25) is 0 Å². The number of aliphatic hydroxyl groups is 1. The van der Waals surface area contributed by atoms with Crippen molar-refractivity contribution in [3.8, 4) is 23.0 Å². The predicted octanol–water partition coefficient (Wildman–Crippen LogP) is 11.6. The van der Waals surface area contributed by atoms with Crippen LogP contribution < -0.4 is 30.6 Å². The van der Waals surface area contributed by atoms with E-state index in [2.05, 4.69) is 79.1 Å². The molecule has 5 atom stereocenters. The number of halogens is 8. The number of nitrogen functional groups attached to an aromatic ring is 1. The van der Waals surface area contributed by atoms with Crippen molar-refractivity contribution in [2.45, 2.75) is 69.6 Å². The van der Waals surface area contributed by atoms with Crippen LogP contribution in [0.4, 0.5) is 27.6 Å². The number of hydrogen-bond acceptors (Lipinski definition) is 10. The first-order valence-corrected chi connectivity index (χ1v) is 24.5. The van der Waals surface area contributed by atoms with Gasteiger partial charge in [0.15, 0.2) is 18.0 Å². The van der Waals surface area contributed by atoms with Crippen molar-refractivity contribution >= 4 is 77.7 Å². The highest BCUT2D eigenvalue weighted by atomic mass is 127. The van der Waals surface area contributed by atoms with E-state index in [9.17, 15) is 36.6 Å². The minimum absolute atomic E-state index is 0.0741. The predicted molar refractivity (Wildman–Crippen MR) is 281 cm³/mol. The van der Waals surface area contributed by atoms with E-state index in [4.69, 9.17) is 36.6 Å². The lowest BCUT2D eigenvalue weighted by atomic mass is 9.83. The number of carbonyl (C=O) groups excluding carboxylic acids is 2. The number of hydrogen-bond donors (Lipinski definition) is 6. The van der Waals surface area contributed by atoms with Gasteiger partial charge in [-0.2, -0.15) is 0 Å². The van der Waals surface area contributed by atoms with Crippen LogP contribution >= 0.6 is 54.5 Å². The van der Waals surface area contributed by atoms with Crippen molar-refractivity contribution in [2.24, 2.45) is 11.7 Å². The minimum Gasteiger partial charge on any atom is -0.507 e. The van der Waals surface area contributed by atoms with Gasteiger partial charge in [-0.15, -0.1) is 0 Å². The Balaban J connectivity index is 0.000000345. The van der Waals surface area contributed by atoms with Crippen LogP contribution in [0.3, 0.4) is 0 Å². The number of anilines is 1. The van der Waals surface area contributed by atoms with Gasteiger partial charge in [0, 0.05) is 53.7 Å². The third kappa shape index (κ3) is 20.6. The maximum Gasteiger partial charge on any atom is 0.256 e. The molecule has 0 radical (unpaired) electrons. The lowest BCUT2D eigenvalue weighted by Crippen LogP contribution is -2.48. The minimum atomic E-state index is -1.74. The molecule has 2 aliphatic rings. The van der Waals surface area contributed by atoms with Gasteiger partial charge in [-0.3, -0.25) is 19.4 Å². The molecular weight excluding hydrogens is 1180 g/mol. The first kappa shape index (κ1) is 60.4. The van der Waals surface area contributed by atoms with Gasteiger partial charge in [0.25, 0.3) is 5.91 Å². The van der Waals surface area contributed by atoms with Gasteiger partial charge in [0.1, 0.15) is 52.1 Å². The third-order valence-electron chi connectivity index (χ3n) is 10.9. The zero-order valence-corrected chi connectivity index (χ0v) is 45.1. The molecule has 7 N–H and O–H groups in total. The number of methoxy groups -OCH3 is 3. The molecule has 1 aliphatic carbocycles. The quantitative estimate of drug-likeness (QED) is 0.0340. The summed E-state index contributed by atoms with van der Waals surface area (Å²) in [4.78, 5) is 25.4. The summed E-state index contributed by atoms with van der Waals surface area (Å²) in [6, 6.07) is 23.3. The fourth-order valence-electron chi connectivity index (χ4n) is 7.18. The van der Waals surface area contributed by atoms with E-state index in [0.717, 1.165) is 26.1 Å². The number of aliphatic hydroxyl groups excluding tert-OH is 1. The molecule has 20 heteroatoms. The smallest absolute Gasteiger partial charge is 0.256 e. The Hall–Kier alpha value is -4.87. The normalized spacial score (nSPS) is 17.3. The van der Waals surface area contributed by atoms with Crippen molar-refractivity contribution < 1.29 is 62.1 Å². The summed E-state index contributed by atoms with van der Waals surface area (Å²) < 4.78 is 88.5. The Bertz CT molecular complexity index is 2410. The summed E-state index contributed by atoms with van der Waals surface area (Å²) in [5.41, 5.74) is 6.71. The van der Waals surface area contributed by atoms with E-state index in [1.165, 1.54) is 120 Å². The molecule has 71 heavy (non-hydrogen) atoms. The fourth-order valence-corrected chi connectivity index (χ4v) is 8.39. The third-order valence-corrected chi connectivity index (χ3v) is 13.1. The second-order valence-electron chi connectivity index (χ2n) is 15.3. The summed E-state index contributed by atoms with van der Waals surface area (Å²) in [5.74, 6) is -1.40. The van der Waals surface area contributed by atoms with E-state index < -0.39 is 48.6 Å². The molecule has 12 nitrogen and oxygen atoms in total. The van der Waals surface area contributed by atoms with Gasteiger partial charge in [0.2, 0.25) is 0 Å². The summed E-state index contributed by atoms with van der Waals surface area (Å²) >= 11 is 8.30. The van der Waals surface area contributed by atoms with E-state index in [-0.39, 0.29) is 35.6 Å². The number of carbonyl (C=O) groups is 2. The van der Waals surface area contributed by atoms with Gasteiger partial charge in [-0.05, 0) is 153 Å². The van der Waals surface area contributed by atoms with E-state index in [1.54, 1.807) is 24.3 Å². The molecule has 5 aromatic rings. The Morgan fingerprint density at radius 3 is 1.86 bits per heavy atom. The van der Waals surface area contributed by atoms with Crippen molar-refractivity contribution in [1.82, 2.24) is 5.32 Å². The number of rotatable bonds is 10. The largest absolute Gasteiger partial charge is 0.507 e. The van der Waals surface area contributed by atoms with Crippen LogP contribution in [0.1, 0.15) is 63.9 Å². The number of phenolic OH excluding ortho intramolecular Hbond substituents is 1. The van der Waals surface area contributed by atoms with Gasteiger partial charge in [-0.1, -0.05) is 32.3 Å². The highest BCUT2D eigenvalue weighted by Crippen LogP contribution is 2.35. The van der Waals surface area contributed by atoms with Gasteiger partial charge in [-0.25, -0.2) is 17.6 Å². The molecule has 1 amide bonds. The van der Waals surface area contributed by atoms with Crippen LogP contribution in [0.25, 0.3) is 0 Å². The maximum absolute atomic E-state index is 13.5. The summed E-state index contributed by atoms with van der Waals surface area (Å²) in [6.45, 7) is 2.44. The second kappa shape index (κ2) is 33.0. The summed E-state index contributed by atoms with van der Waals surface area (Å²) in [6.07, 6.45) is 4.30. The van der Waals surface area contributed by atoms with Gasteiger partial charge < -0.3 is 45.5 Å². The molecule has 1 saturated heterocycles. The van der Waals surface area contributed by atoms with Crippen molar-refractivity contribution in [3.05, 3.63) is 144 Å². The molecule has 1 heterocycles. The topological polar surface area (TPSA) is 185 Å². The van der Waals surface area contributed by atoms with Crippen LogP contribution in [0.15, 0.2) is 106 Å². The van der Waals surface area contributed by atoms with Crippen molar-refractivity contribution in [1.29, 1.82) is 5.41 Å². The van der Waals surface area contributed by atoms with Crippen molar-refractivity contribution in [3.63, 3.8) is 0 Å². The average molecular weight is 1240 g/mol. The number of ketones is 1. The lowest BCUT2D eigenvalue weighted by Gasteiger charge is -2.31. The molecule has 0 bridgehead atoms. The molecular formula is C51H60Br2F5IN4O8. The number of amidine groups is 1. The van der Waals surface area contributed by atoms with E-state index in [1.807, 2.05) is 0 Å².